The normalized spacial score (nSPS) is 12.8. The van der Waals surface area contributed by atoms with Gasteiger partial charge in [-0.15, -0.1) is 0 Å². The fourth-order valence-electron chi connectivity index (χ4n) is 2.13. The van der Waals surface area contributed by atoms with E-state index in [1.54, 1.807) is 25.0 Å². The highest BCUT2D eigenvalue weighted by Crippen LogP contribution is 2.21. The van der Waals surface area contributed by atoms with Crippen molar-refractivity contribution < 1.29 is 14.6 Å². The molecule has 1 aromatic rings. The van der Waals surface area contributed by atoms with Crippen molar-refractivity contribution >= 4 is 30.3 Å². The van der Waals surface area contributed by atoms with Crippen LogP contribution in [0.25, 0.3) is 0 Å². The maximum Gasteiger partial charge on any atom is 0.373 e. The minimum Gasteiger partial charge on any atom is -0.460 e. The van der Waals surface area contributed by atoms with E-state index in [4.69, 9.17) is 22.1 Å². The first-order valence-corrected chi connectivity index (χ1v) is 7.64. The van der Waals surface area contributed by atoms with Crippen molar-refractivity contribution in [2.75, 3.05) is 5.73 Å². The van der Waals surface area contributed by atoms with E-state index in [0.717, 1.165) is 5.56 Å². The zero-order valence-corrected chi connectivity index (χ0v) is 14.3. The van der Waals surface area contributed by atoms with E-state index in [9.17, 15) is 9.82 Å². The minimum absolute atomic E-state index is 0.132. The number of anilines is 1. The van der Waals surface area contributed by atoms with Crippen molar-refractivity contribution in [3.05, 3.63) is 28.8 Å². The lowest BCUT2D eigenvalue weighted by Gasteiger charge is -2.23. The summed E-state index contributed by atoms with van der Waals surface area (Å²) in [5, 5.41) is 13.1. The first-order chi connectivity index (χ1) is 10.1. The quantitative estimate of drug-likeness (QED) is 0.424. The molecule has 0 heterocycles. The highest BCUT2D eigenvalue weighted by atomic mass is 35.5. The molecule has 0 aliphatic heterocycles. The fraction of sp³-hybridized carbons (Fsp3) is 0.533. The van der Waals surface area contributed by atoms with Gasteiger partial charge in [-0.25, -0.2) is 0 Å². The Morgan fingerprint density at radius 2 is 2.14 bits per heavy atom. The zero-order valence-electron chi connectivity index (χ0n) is 13.5. The first-order valence-electron chi connectivity index (χ1n) is 7.26. The molecule has 0 aliphatic carbocycles. The molecule has 0 aromatic heterocycles. The summed E-state index contributed by atoms with van der Waals surface area (Å²) in [5.41, 5.74) is 6.66. The molecule has 1 rings (SSSR count). The molecular weight excluding hydrogens is 302 g/mol. The Bertz CT molecular complexity index is 518. The third-order valence-corrected chi connectivity index (χ3v) is 3.21. The molecule has 1 atom stereocenters. The number of nitrogen functional groups attached to an aromatic ring is 1. The second kappa shape index (κ2) is 7.86. The molecule has 0 fully saturated rings. The van der Waals surface area contributed by atoms with Gasteiger partial charge >= 0.3 is 13.0 Å². The van der Waals surface area contributed by atoms with E-state index in [0.29, 0.717) is 17.1 Å². The van der Waals surface area contributed by atoms with Crippen molar-refractivity contribution in [3.63, 3.8) is 0 Å². The van der Waals surface area contributed by atoms with Crippen LogP contribution >= 0.6 is 11.6 Å². The molecule has 0 amide bonds. The minimum atomic E-state index is -0.743. The molecule has 0 aliphatic rings. The first kappa shape index (κ1) is 18.8. The van der Waals surface area contributed by atoms with Crippen LogP contribution < -0.4 is 11.0 Å². The van der Waals surface area contributed by atoms with Crippen LogP contribution in [0.2, 0.25) is 11.8 Å². The fourth-order valence-corrected chi connectivity index (χ4v) is 2.33. The molecular formula is C15H24BClN2O3. The molecule has 0 radical (unpaired) electrons. The number of hydrogen-bond donors (Lipinski definition) is 3. The van der Waals surface area contributed by atoms with Gasteiger partial charge in [-0.05, 0) is 57.8 Å². The molecule has 0 spiro atoms. The summed E-state index contributed by atoms with van der Waals surface area (Å²) in [6, 6.07) is 4.92. The van der Waals surface area contributed by atoms with Crippen molar-refractivity contribution in [3.8, 4) is 0 Å². The maximum atomic E-state index is 12.0. The van der Waals surface area contributed by atoms with Gasteiger partial charge in [-0.3, -0.25) is 4.79 Å². The van der Waals surface area contributed by atoms with Gasteiger partial charge in [0.2, 0.25) is 0 Å². The van der Waals surface area contributed by atoms with Crippen LogP contribution in [0.15, 0.2) is 18.2 Å². The SMILES string of the molecule is CB(O)N[C@H](CC(=O)OC(C)(C)C)Cc1cc(N)ccc1Cl. The van der Waals surface area contributed by atoms with Crippen LogP contribution in [0.4, 0.5) is 5.69 Å². The second-order valence-corrected chi connectivity index (χ2v) is 6.79. The highest BCUT2D eigenvalue weighted by Gasteiger charge is 2.23. The summed E-state index contributed by atoms with van der Waals surface area (Å²) in [5.74, 6) is -0.328. The van der Waals surface area contributed by atoms with Crippen molar-refractivity contribution in [2.24, 2.45) is 0 Å². The molecule has 0 saturated heterocycles. The summed E-state index contributed by atoms with van der Waals surface area (Å²) in [6.07, 6.45) is 0.599. The van der Waals surface area contributed by atoms with E-state index in [-0.39, 0.29) is 18.4 Å². The standard InChI is InChI=1S/C15H24BClN2O3/c1-15(2,3)22-14(20)9-12(19-16(4)21)8-10-7-11(18)5-6-13(10)17/h5-7,12,19,21H,8-9,18H2,1-4H3/t12-/m0/s1. The summed E-state index contributed by atoms with van der Waals surface area (Å²) >= 11 is 6.16. The third kappa shape index (κ3) is 7.16. The van der Waals surface area contributed by atoms with Gasteiger partial charge in [-0.1, -0.05) is 11.6 Å². The Morgan fingerprint density at radius 1 is 1.50 bits per heavy atom. The van der Waals surface area contributed by atoms with E-state index < -0.39 is 12.7 Å². The van der Waals surface area contributed by atoms with Crippen LogP contribution in [0, 0.1) is 0 Å². The van der Waals surface area contributed by atoms with E-state index in [2.05, 4.69) is 5.23 Å². The number of benzene rings is 1. The Hall–Kier alpha value is -1.24. The number of carbonyl (C=O) groups is 1. The van der Waals surface area contributed by atoms with Crippen LogP contribution in [0.1, 0.15) is 32.8 Å². The number of hydrogen-bond acceptors (Lipinski definition) is 5. The molecule has 5 nitrogen and oxygen atoms in total. The van der Waals surface area contributed by atoms with Gasteiger partial charge in [0.1, 0.15) is 5.60 Å². The van der Waals surface area contributed by atoms with Gasteiger partial charge in [0.25, 0.3) is 0 Å². The summed E-state index contributed by atoms with van der Waals surface area (Å²) in [6.45, 7) is 7.05. The van der Waals surface area contributed by atoms with Gasteiger partial charge in [0, 0.05) is 16.8 Å². The molecule has 0 unspecified atom stereocenters. The lowest BCUT2D eigenvalue weighted by molar-refractivity contribution is -0.155. The Balaban J connectivity index is 2.80. The number of ether oxygens (including phenoxy) is 1. The highest BCUT2D eigenvalue weighted by molar-refractivity contribution is 6.45. The molecule has 122 valence electrons. The zero-order chi connectivity index (χ0) is 16.9. The molecule has 4 N–H and O–H groups in total. The van der Waals surface area contributed by atoms with Crippen LogP contribution in [0.5, 0.6) is 0 Å². The number of esters is 1. The molecule has 1 aromatic carbocycles. The van der Waals surface area contributed by atoms with Gasteiger partial charge in [-0.2, -0.15) is 0 Å². The Morgan fingerprint density at radius 3 is 2.68 bits per heavy atom. The second-order valence-electron chi connectivity index (χ2n) is 6.39. The predicted octanol–water partition coefficient (Wildman–Crippen LogP) is 2.26. The Labute approximate surface area is 137 Å². The largest absolute Gasteiger partial charge is 0.460 e. The topological polar surface area (TPSA) is 84.6 Å². The van der Waals surface area contributed by atoms with Crippen LogP contribution in [-0.4, -0.2) is 29.7 Å². The van der Waals surface area contributed by atoms with Crippen molar-refractivity contribution in [1.82, 2.24) is 5.23 Å². The molecule has 0 bridgehead atoms. The van der Waals surface area contributed by atoms with Gasteiger partial charge in [0.15, 0.2) is 0 Å². The van der Waals surface area contributed by atoms with E-state index in [1.165, 1.54) is 0 Å². The lowest BCUT2D eigenvalue weighted by atomic mass is 9.85. The third-order valence-electron chi connectivity index (χ3n) is 2.85. The van der Waals surface area contributed by atoms with Crippen molar-refractivity contribution in [1.29, 1.82) is 0 Å². The number of carbonyl (C=O) groups excluding carboxylic acids is 1. The van der Waals surface area contributed by atoms with Crippen LogP contribution in [0.3, 0.4) is 0 Å². The number of halogens is 1. The monoisotopic (exact) mass is 326 g/mol. The average Bonchev–Trinajstić information content (AvgIpc) is 2.30. The van der Waals surface area contributed by atoms with E-state index in [1.807, 2.05) is 20.8 Å². The lowest BCUT2D eigenvalue weighted by Crippen LogP contribution is -2.43. The van der Waals surface area contributed by atoms with E-state index >= 15 is 0 Å². The van der Waals surface area contributed by atoms with Crippen LogP contribution in [-0.2, 0) is 16.0 Å². The maximum absolute atomic E-state index is 12.0. The van der Waals surface area contributed by atoms with Gasteiger partial charge < -0.3 is 20.7 Å². The molecule has 0 saturated carbocycles. The summed E-state index contributed by atoms with van der Waals surface area (Å²) in [4.78, 5) is 12.0. The number of nitrogens with two attached hydrogens (primary N) is 1. The average molecular weight is 327 g/mol. The summed E-state index contributed by atoms with van der Waals surface area (Å²) < 4.78 is 5.32. The van der Waals surface area contributed by atoms with Gasteiger partial charge in [0.05, 0.1) is 6.42 Å². The van der Waals surface area contributed by atoms with Crippen molar-refractivity contribution in [2.45, 2.75) is 52.1 Å². The number of nitrogens with one attached hydrogen (secondary N) is 1. The molecule has 7 heteroatoms. The molecule has 22 heavy (non-hydrogen) atoms. The smallest absolute Gasteiger partial charge is 0.373 e. The summed E-state index contributed by atoms with van der Waals surface area (Å²) in [7, 11) is -0.743. The number of rotatable bonds is 6. The predicted molar refractivity (Wildman–Crippen MR) is 90.8 cm³/mol. The Kier molecular flexibility index (Phi) is 6.72.